The minimum atomic E-state index is -2.86. The first-order valence-electron chi connectivity index (χ1n) is 6.32. The zero-order valence-electron chi connectivity index (χ0n) is 11.1. The molecule has 2 atom stereocenters. The molecular weight excluding hydrogens is 238 g/mol. The van der Waals surface area contributed by atoms with Crippen LogP contribution in [0, 0.1) is 5.41 Å². The molecule has 0 spiro atoms. The lowest BCUT2D eigenvalue weighted by molar-refractivity contribution is 0.185. The van der Waals surface area contributed by atoms with Crippen LogP contribution in [0.15, 0.2) is 0 Å². The fourth-order valence-corrected chi connectivity index (χ4v) is 3.98. The third kappa shape index (κ3) is 4.94. The van der Waals surface area contributed by atoms with E-state index in [1.807, 2.05) is 0 Å². The standard InChI is InChI=1S/C12H25NO3S/c1-12(2,3)11(6-7-14)13-10-5-4-8-17(15,16)9-10/h10-11,13-14H,4-9H2,1-3H3. The van der Waals surface area contributed by atoms with Gasteiger partial charge in [0.1, 0.15) is 0 Å². The largest absolute Gasteiger partial charge is 0.396 e. The van der Waals surface area contributed by atoms with E-state index >= 15 is 0 Å². The van der Waals surface area contributed by atoms with E-state index in [-0.39, 0.29) is 29.9 Å². The van der Waals surface area contributed by atoms with Gasteiger partial charge in [-0.05, 0) is 24.7 Å². The highest BCUT2D eigenvalue weighted by Gasteiger charge is 2.30. The van der Waals surface area contributed by atoms with Gasteiger partial charge in [-0.1, -0.05) is 20.8 Å². The van der Waals surface area contributed by atoms with Crippen LogP contribution in [0.1, 0.15) is 40.0 Å². The summed E-state index contributed by atoms with van der Waals surface area (Å²) in [4.78, 5) is 0. The smallest absolute Gasteiger partial charge is 0.151 e. The van der Waals surface area contributed by atoms with Gasteiger partial charge < -0.3 is 10.4 Å². The maximum absolute atomic E-state index is 11.6. The molecule has 17 heavy (non-hydrogen) atoms. The Labute approximate surface area is 105 Å². The Balaban J connectivity index is 2.61. The maximum Gasteiger partial charge on any atom is 0.151 e. The molecule has 1 rings (SSSR count). The Morgan fingerprint density at radius 1 is 1.41 bits per heavy atom. The summed E-state index contributed by atoms with van der Waals surface area (Å²) in [6, 6.07) is 0.204. The first-order chi connectivity index (χ1) is 7.74. The fraction of sp³-hybridized carbons (Fsp3) is 1.00. The van der Waals surface area contributed by atoms with Gasteiger partial charge in [0.15, 0.2) is 9.84 Å². The molecule has 0 aromatic carbocycles. The lowest BCUT2D eigenvalue weighted by atomic mass is 9.84. The van der Waals surface area contributed by atoms with Crippen molar-refractivity contribution in [3.63, 3.8) is 0 Å². The van der Waals surface area contributed by atoms with Crippen LogP contribution >= 0.6 is 0 Å². The van der Waals surface area contributed by atoms with Crippen molar-refractivity contribution in [1.82, 2.24) is 5.32 Å². The SMILES string of the molecule is CC(C)(C)C(CCO)NC1CCCS(=O)(=O)C1. The van der Waals surface area contributed by atoms with Crippen molar-refractivity contribution in [3.8, 4) is 0 Å². The maximum atomic E-state index is 11.6. The van der Waals surface area contributed by atoms with Crippen LogP contribution in [-0.4, -0.2) is 43.7 Å². The number of hydrogen-bond acceptors (Lipinski definition) is 4. The van der Waals surface area contributed by atoms with Crippen LogP contribution < -0.4 is 5.32 Å². The van der Waals surface area contributed by atoms with E-state index in [1.165, 1.54) is 0 Å². The number of sulfone groups is 1. The lowest BCUT2D eigenvalue weighted by Crippen LogP contribution is -2.50. The Bertz CT molecular complexity index is 332. The predicted octanol–water partition coefficient (Wildman–Crippen LogP) is 0.950. The van der Waals surface area contributed by atoms with Gasteiger partial charge in [-0.2, -0.15) is 0 Å². The highest BCUT2D eigenvalue weighted by Crippen LogP contribution is 2.24. The van der Waals surface area contributed by atoms with Crippen LogP contribution in [0.5, 0.6) is 0 Å². The van der Waals surface area contributed by atoms with Crippen molar-refractivity contribution in [2.45, 2.75) is 52.1 Å². The fourth-order valence-electron chi connectivity index (χ4n) is 2.33. The highest BCUT2D eigenvalue weighted by molar-refractivity contribution is 7.91. The zero-order chi connectivity index (χ0) is 13.1. The molecular formula is C12H25NO3S. The number of aliphatic hydroxyl groups is 1. The van der Waals surface area contributed by atoms with Crippen molar-refractivity contribution in [1.29, 1.82) is 0 Å². The molecule has 4 nitrogen and oxygen atoms in total. The Morgan fingerprint density at radius 3 is 2.53 bits per heavy atom. The van der Waals surface area contributed by atoms with Crippen LogP contribution in [0.3, 0.4) is 0 Å². The van der Waals surface area contributed by atoms with Crippen molar-refractivity contribution in [2.75, 3.05) is 18.1 Å². The first-order valence-corrected chi connectivity index (χ1v) is 8.14. The molecule has 0 amide bonds. The summed E-state index contributed by atoms with van der Waals surface area (Å²) in [5, 5.41) is 12.5. The summed E-state index contributed by atoms with van der Waals surface area (Å²) in [5.74, 6) is 0.566. The molecule has 1 saturated heterocycles. The minimum absolute atomic E-state index is 0.0317. The topological polar surface area (TPSA) is 66.4 Å². The monoisotopic (exact) mass is 263 g/mol. The summed E-state index contributed by atoms with van der Waals surface area (Å²) < 4.78 is 23.1. The summed E-state index contributed by atoms with van der Waals surface area (Å²) in [6.07, 6.45) is 2.33. The van der Waals surface area contributed by atoms with Crippen molar-refractivity contribution in [3.05, 3.63) is 0 Å². The van der Waals surface area contributed by atoms with Crippen molar-refractivity contribution < 1.29 is 13.5 Å². The zero-order valence-corrected chi connectivity index (χ0v) is 11.9. The Hall–Kier alpha value is -0.130. The molecule has 0 radical (unpaired) electrons. The van der Waals surface area contributed by atoms with Gasteiger partial charge in [0, 0.05) is 18.7 Å². The molecule has 0 aliphatic carbocycles. The summed E-state index contributed by atoms with van der Waals surface area (Å²) in [7, 11) is -2.86. The van der Waals surface area contributed by atoms with Gasteiger partial charge in [0.2, 0.25) is 0 Å². The minimum Gasteiger partial charge on any atom is -0.396 e. The average molecular weight is 263 g/mol. The number of nitrogens with one attached hydrogen (secondary N) is 1. The van der Waals surface area contributed by atoms with E-state index in [1.54, 1.807) is 0 Å². The van der Waals surface area contributed by atoms with Crippen LogP contribution in [-0.2, 0) is 9.84 Å². The van der Waals surface area contributed by atoms with E-state index in [2.05, 4.69) is 26.1 Å². The quantitative estimate of drug-likeness (QED) is 0.792. The van der Waals surface area contributed by atoms with E-state index in [9.17, 15) is 8.42 Å². The molecule has 0 aromatic heterocycles. The Kier molecular flexibility index (Phi) is 4.98. The molecule has 1 aliphatic rings. The van der Waals surface area contributed by atoms with Gasteiger partial charge in [0.05, 0.1) is 11.5 Å². The van der Waals surface area contributed by atoms with Crippen LogP contribution in [0.2, 0.25) is 0 Å². The third-order valence-electron chi connectivity index (χ3n) is 3.36. The summed E-state index contributed by atoms with van der Waals surface area (Å²) in [6.45, 7) is 6.46. The molecule has 1 fully saturated rings. The molecule has 1 heterocycles. The summed E-state index contributed by atoms with van der Waals surface area (Å²) >= 11 is 0. The second-order valence-electron chi connectivity index (χ2n) is 6.05. The van der Waals surface area contributed by atoms with Gasteiger partial charge >= 0.3 is 0 Å². The van der Waals surface area contributed by atoms with E-state index in [0.717, 1.165) is 12.8 Å². The Morgan fingerprint density at radius 2 is 2.06 bits per heavy atom. The lowest BCUT2D eigenvalue weighted by Gasteiger charge is -2.36. The van der Waals surface area contributed by atoms with Gasteiger partial charge in [-0.25, -0.2) is 8.42 Å². The van der Waals surface area contributed by atoms with Crippen molar-refractivity contribution >= 4 is 9.84 Å². The first kappa shape index (κ1) is 14.9. The third-order valence-corrected chi connectivity index (χ3v) is 5.18. The molecule has 2 N–H and O–H groups in total. The molecule has 2 unspecified atom stereocenters. The van der Waals surface area contributed by atoms with Gasteiger partial charge in [-0.15, -0.1) is 0 Å². The molecule has 0 aromatic rings. The number of rotatable bonds is 4. The summed E-state index contributed by atoms with van der Waals surface area (Å²) in [5.41, 5.74) is 0.0317. The molecule has 0 saturated carbocycles. The van der Waals surface area contributed by atoms with E-state index in [4.69, 9.17) is 5.11 Å². The van der Waals surface area contributed by atoms with Crippen LogP contribution in [0.4, 0.5) is 0 Å². The van der Waals surface area contributed by atoms with E-state index in [0.29, 0.717) is 12.2 Å². The second kappa shape index (κ2) is 5.67. The van der Waals surface area contributed by atoms with Crippen LogP contribution in [0.25, 0.3) is 0 Å². The molecule has 1 aliphatic heterocycles. The highest BCUT2D eigenvalue weighted by atomic mass is 32.2. The predicted molar refractivity (Wildman–Crippen MR) is 69.8 cm³/mol. The molecule has 0 bridgehead atoms. The van der Waals surface area contributed by atoms with Gasteiger partial charge in [-0.3, -0.25) is 0 Å². The second-order valence-corrected chi connectivity index (χ2v) is 8.28. The number of aliphatic hydroxyl groups excluding tert-OH is 1. The normalized spacial score (nSPS) is 26.7. The van der Waals surface area contributed by atoms with Crippen molar-refractivity contribution in [2.24, 2.45) is 5.41 Å². The number of hydrogen-bond donors (Lipinski definition) is 2. The van der Waals surface area contributed by atoms with E-state index < -0.39 is 9.84 Å². The molecule has 5 heteroatoms. The van der Waals surface area contributed by atoms with Gasteiger partial charge in [0.25, 0.3) is 0 Å². The molecule has 102 valence electrons. The average Bonchev–Trinajstić information content (AvgIpc) is 2.14.